The minimum absolute atomic E-state index is 0. The largest absolute Gasteiger partial charge is 0.416 e. The molecule has 0 radical (unpaired) electrons. The molecule has 2 nitrogen and oxygen atoms in total. The van der Waals surface area contributed by atoms with Gasteiger partial charge in [0.05, 0.1) is 24.8 Å². The van der Waals surface area contributed by atoms with E-state index in [4.69, 9.17) is 4.74 Å². The fourth-order valence-corrected chi connectivity index (χ4v) is 1.71. The van der Waals surface area contributed by atoms with E-state index in [1.165, 1.54) is 12.1 Å². The minimum atomic E-state index is -4.29. The van der Waals surface area contributed by atoms with E-state index in [1.54, 1.807) is 6.07 Å². The number of benzene rings is 1. The van der Waals surface area contributed by atoms with Crippen molar-refractivity contribution < 1.29 is 17.9 Å². The van der Waals surface area contributed by atoms with Crippen molar-refractivity contribution in [2.45, 2.75) is 12.2 Å². The van der Waals surface area contributed by atoms with Crippen LogP contribution >= 0.6 is 12.4 Å². The summed E-state index contributed by atoms with van der Waals surface area (Å²) in [7, 11) is 0. The van der Waals surface area contributed by atoms with Crippen molar-refractivity contribution in [3.8, 4) is 0 Å². The van der Waals surface area contributed by atoms with Crippen LogP contribution in [0.15, 0.2) is 24.3 Å². The first-order valence-electron chi connectivity index (χ1n) is 5.05. The van der Waals surface area contributed by atoms with E-state index < -0.39 is 11.7 Å². The molecular formula is C11H13ClF3NO. The maximum atomic E-state index is 12.5. The van der Waals surface area contributed by atoms with Crippen molar-refractivity contribution in [2.75, 3.05) is 19.8 Å². The molecule has 1 atom stereocenters. The van der Waals surface area contributed by atoms with Gasteiger partial charge in [0.25, 0.3) is 0 Å². The van der Waals surface area contributed by atoms with Gasteiger partial charge in [0.2, 0.25) is 0 Å². The molecule has 1 aromatic carbocycles. The molecule has 1 N–H and O–H groups in total. The van der Waals surface area contributed by atoms with Gasteiger partial charge in [-0.15, -0.1) is 12.4 Å². The summed E-state index contributed by atoms with van der Waals surface area (Å²) in [6, 6.07) is 5.21. The molecule has 1 aliphatic rings. The third-order valence-corrected chi connectivity index (χ3v) is 2.54. The lowest BCUT2D eigenvalue weighted by molar-refractivity contribution is -0.137. The molecule has 0 aliphatic carbocycles. The molecule has 1 aromatic rings. The van der Waals surface area contributed by atoms with Crippen LogP contribution in [0.5, 0.6) is 0 Å². The summed E-state index contributed by atoms with van der Waals surface area (Å²) < 4.78 is 42.7. The standard InChI is InChI=1S/C11H12F3NO.ClH/c12-11(13,14)9-3-1-2-8(6-9)10-7-16-5-4-15-10;/h1-3,6,10,15H,4-5,7H2;1H/t10-;/m1./s1. The Bertz CT molecular complexity index is 364. The van der Waals surface area contributed by atoms with Crippen LogP contribution in [0.1, 0.15) is 17.2 Å². The molecule has 1 fully saturated rings. The van der Waals surface area contributed by atoms with Crippen LogP contribution in [0.4, 0.5) is 13.2 Å². The van der Waals surface area contributed by atoms with E-state index in [-0.39, 0.29) is 18.4 Å². The molecule has 0 amide bonds. The third kappa shape index (κ3) is 3.59. The van der Waals surface area contributed by atoms with Crippen LogP contribution in [0.25, 0.3) is 0 Å². The Morgan fingerprint density at radius 3 is 2.65 bits per heavy atom. The number of rotatable bonds is 1. The molecule has 0 aromatic heterocycles. The van der Waals surface area contributed by atoms with Crippen LogP contribution in [-0.4, -0.2) is 19.8 Å². The Balaban J connectivity index is 0.00000144. The second-order valence-electron chi connectivity index (χ2n) is 3.70. The first kappa shape index (κ1) is 14.3. The number of ether oxygens (including phenoxy) is 1. The monoisotopic (exact) mass is 267 g/mol. The average Bonchev–Trinajstić information content (AvgIpc) is 2.29. The van der Waals surface area contributed by atoms with Crippen LogP contribution < -0.4 is 5.32 Å². The van der Waals surface area contributed by atoms with Crippen LogP contribution in [0.2, 0.25) is 0 Å². The molecule has 1 saturated heterocycles. The van der Waals surface area contributed by atoms with Crippen molar-refractivity contribution in [1.82, 2.24) is 5.32 Å². The summed E-state index contributed by atoms with van der Waals surface area (Å²) in [6.07, 6.45) is -4.29. The van der Waals surface area contributed by atoms with E-state index in [0.29, 0.717) is 25.3 Å². The lowest BCUT2D eigenvalue weighted by Crippen LogP contribution is -2.34. The molecule has 1 heterocycles. The van der Waals surface area contributed by atoms with Crippen LogP contribution in [0.3, 0.4) is 0 Å². The molecule has 17 heavy (non-hydrogen) atoms. The second-order valence-corrected chi connectivity index (χ2v) is 3.70. The highest BCUT2D eigenvalue weighted by Gasteiger charge is 2.31. The molecule has 1 aliphatic heterocycles. The zero-order valence-electron chi connectivity index (χ0n) is 8.96. The topological polar surface area (TPSA) is 21.3 Å². The van der Waals surface area contributed by atoms with Crippen LogP contribution in [-0.2, 0) is 10.9 Å². The summed E-state index contributed by atoms with van der Waals surface area (Å²) in [5.41, 5.74) is 0.00639. The zero-order chi connectivity index (χ0) is 11.6. The van der Waals surface area contributed by atoms with Gasteiger partial charge in [-0.1, -0.05) is 12.1 Å². The lowest BCUT2D eigenvalue weighted by Gasteiger charge is -2.24. The highest BCUT2D eigenvalue weighted by Crippen LogP contribution is 2.30. The van der Waals surface area contributed by atoms with Gasteiger partial charge in [-0.2, -0.15) is 13.2 Å². The Kier molecular flexibility index (Phi) is 4.80. The van der Waals surface area contributed by atoms with Gasteiger partial charge in [0.15, 0.2) is 0 Å². The lowest BCUT2D eigenvalue weighted by atomic mass is 10.0. The molecule has 0 bridgehead atoms. The van der Waals surface area contributed by atoms with Crippen molar-refractivity contribution in [3.05, 3.63) is 35.4 Å². The molecule has 0 spiro atoms. The quantitative estimate of drug-likeness (QED) is 0.845. The maximum absolute atomic E-state index is 12.5. The fourth-order valence-electron chi connectivity index (χ4n) is 1.71. The van der Waals surface area contributed by atoms with E-state index in [9.17, 15) is 13.2 Å². The first-order chi connectivity index (χ1) is 7.57. The summed E-state index contributed by atoms with van der Waals surface area (Å²) in [5.74, 6) is 0. The Morgan fingerprint density at radius 1 is 1.29 bits per heavy atom. The van der Waals surface area contributed by atoms with Crippen molar-refractivity contribution in [2.24, 2.45) is 0 Å². The van der Waals surface area contributed by atoms with Gasteiger partial charge in [-0.3, -0.25) is 0 Å². The van der Waals surface area contributed by atoms with E-state index >= 15 is 0 Å². The van der Waals surface area contributed by atoms with Gasteiger partial charge >= 0.3 is 6.18 Å². The molecule has 96 valence electrons. The average molecular weight is 268 g/mol. The summed E-state index contributed by atoms with van der Waals surface area (Å²) in [5, 5.41) is 3.12. The number of hydrogen-bond acceptors (Lipinski definition) is 2. The van der Waals surface area contributed by atoms with E-state index in [2.05, 4.69) is 5.32 Å². The third-order valence-electron chi connectivity index (χ3n) is 2.54. The number of alkyl halides is 3. The number of nitrogens with one attached hydrogen (secondary N) is 1. The maximum Gasteiger partial charge on any atom is 0.416 e. The van der Waals surface area contributed by atoms with Crippen molar-refractivity contribution in [1.29, 1.82) is 0 Å². The van der Waals surface area contributed by atoms with Gasteiger partial charge < -0.3 is 10.1 Å². The summed E-state index contributed by atoms with van der Waals surface area (Å²) in [4.78, 5) is 0. The molecule has 0 saturated carbocycles. The summed E-state index contributed by atoms with van der Waals surface area (Å²) >= 11 is 0. The Labute approximate surface area is 104 Å². The Morgan fingerprint density at radius 2 is 2.06 bits per heavy atom. The highest BCUT2D eigenvalue weighted by atomic mass is 35.5. The van der Waals surface area contributed by atoms with Crippen LogP contribution in [0, 0.1) is 0 Å². The minimum Gasteiger partial charge on any atom is -0.378 e. The van der Waals surface area contributed by atoms with Gasteiger partial charge in [-0.25, -0.2) is 0 Å². The predicted molar refractivity (Wildman–Crippen MR) is 60.3 cm³/mol. The fraction of sp³-hybridized carbons (Fsp3) is 0.455. The smallest absolute Gasteiger partial charge is 0.378 e. The SMILES string of the molecule is Cl.FC(F)(F)c1cccc([C@H]2COCCN2)c1. The van der Waals surface area contributed by atoms with Crippen molar-refractivity contribution in [3.63, 3.8) is 0 Å². The highest BCUT2D eigenvalue weighted by molar-refractivity contribution is 5.85. The zero-order valence-corrected chi connectivity index (χ0v) is 9.77. The normalized spacial score (nSPS) is 20.8. The van der Waals surface area contributed by atoms with Gasteiger partial charge in [0.1, 0.15) is 0 Å². The van der Waals surface area contributed by atoms with E-state index in [0.717, 1.165) is 6.07 Å². The van der Waals surface area contributed by atoms with Crippen molar-refractivity contribution >= 4 is 12.4 Å². The van der Waals surface area contributed by atoms with Gasteiger partial charge in [-0.05, 0) is 17.7 Å². The molecule has 0 unspecified atom stereocenters. The number of hydrogen-bond donors (Lipinski definition) is 1. The molecule has 2 rings (SSSR count). The molecular weight excluding hydrogens is 255 g/mol. The van der Waals surface area contributed by atoms with E-state index in [1.807, 2.05) is 0 Å². The molecule has 6 heteroatoms. The second kappa shape index (κ2) is 5.71. The number of morpholine rings is 1. The first-order valence-corrected chi connectivity index (χ1v) is 5.05. The predicted octanol–water partition coefficient (Wildman–Crippen LogP) is 2.79. The summed E-state index contributed by atoms with van der Waals surface area (Å²) in [6.45, 7) is 1.69. The Hall–Kier alpha value is -0.780. The van der Waals surface area contributed by atoms with Gasteiger partial charge in [0, 0.05) is 6.54 Å². The number of halogens is 4.